The van der Waals surface area contributed by atoms with E-state index in [1.807, 2.05) is 48.5 Å². The van der Waals surface area contributed by atoms with Gasteiger partial charge in [0, 0.05) is 43.8 Å². The number of fused-ring (bicyclic) bond motifs is 11. The van der Waals surface area contributed by atoms with Gasteiger partial charge in [-0.25, -0.2) is 15.0 Å². The van der Waals surface area contributed by atoms with Crippen molar-refractivity contribution in [2.24, 2.45) is 0 Å². The Morgan fingerprint density at radius 2 is 1.12 bits per heavy atom. The van der Waals surface area contributed by atoms with Gasteiger partial charge in [0.2, 0.25) is 0 Å². The molecular formula is C51H31N3O2. The summed E-state index contributed by atoms with van der Waals surface area (Å²) >= 11 is 0. The van der Waals surface area contributed by atoms with E-state index >= 15 is 0 Å². The molecule has 5 nitrogen and oxygen atoms in total. The molecule has 1 aliphatic rings. The van der Waals surface area contributed by atoms with E-state index in [2.05, 4.69) is 115 Å². The number of aromatic nitrogens is 3. The van der Waals surface area contributed by atoms with Gasteiger partial charge in [0.25, 0.3) is 0 Å². The Kier molecular flexibility index (Phi) is 6.69. The number of benzene rings is 8. The van der Waals surface area contributed by atoms with Crippen LogP contribution < -0.4 is 0 Å². The van der Waals surface area contributed by atoms with Crippen LogP contribution in [-0.2, 0) is 6.42 Å². The van der Waals surface area contributed by atoms with Gasteiger partial charge in [0.1, 0.15) is 22.3 Å². The minimum atomic E-state index is 0.584. The molecule has 0 amide bonds. The number of nitrogens with zero attached hydrogens (tertiary/aromatic N) is 3. The Balaban J connectivity index is 1.10. The molecule has 0 spiro atoms. The molecule has 3 heterocycles. The predicted octanol–water partition coefficient (Wildman–Crippen LogP) is 13.6. The van der Waals surface area contributed by atoms with E-state index < -0.39 is 0 Å². The average molecular weight is 718 g/mol. The minimum absolute atomic E-state index is 0.584. The van der Waals surface area contributed by atoms with E-state index in [1.54, 1.807) is 0 Å². The molecule has 262 valence electrons. The zero-order valence-electron chi connectivity index (χ0n) is 30.2. The maximum absolute atomic E-state index is 6.67. The zero-order chi connectivity index (χ0) is 36.7. The second kappa shape index (κ2) is 12.1. The Labute approximate surface area is 321 Å². The fraction of sp³-hybridized carbons (Fsp3) is 0.0392. The Morgan fingerprint density at radius 1 is 0.429 bits per heavy atom. The van der Waals surface area contributed by atoms with Gasteiger partial charge >= 0.3 is 0 Å². The molecule has 0 atom stereocenters. The van der Waals surface area contributed by atoms with Crippen molar-refractivity contribution in [3.05, 3.63) is 169 Å². The van der Waals surface area contributed by atoms with Crippen molar-refractivity contribution in [2.75, 3.05) is 0 Å². The third kappa shape index (κ3) is 4.71. The van der Waals surface area contributed by atoms with E-state index in [4.69, 9.17) is 23.8 Å². The Morgan fingerprint density at radius 3 is 1.98 bits per heavy atom. The predicted molar refractivity (Wildman–Crippen MR) is 228 cm³/mol. The van der Waals surface area contributed by atoms with E-state index in [0.717, 1.165) is 101 Å². The Bertz CT molecular complexity index is 3430. The van der Waals surface area contributed by atoms with E-state index in [9.17, 15) is 0 Å². The number of rotatable bonds is 4. The topological polar surface area (TPSA) is 65.0 Å². The molecule has 0 saturated heterocycles. The van der Waals surface area contributed by atoms with Gasteiger partial charge in [-0.05, 0) is 87.5 Å². The summed E-state index contributed by atoms with van der Waals surface area (Å²) in [7, 11) is 0. The van der Waals surface area contributed by atoms with Crippen LogP contribution in [0.1, 0.15) is 17.5 Å². The van der Waals surface area contributed by atoms with Gasteiger partial charge in [-0.3, -0.25) is 0 Å². The summed E-state index contributed by atoms with van der Waals surface area (Å²) in [5.74, 6) is 1.82. The fourth-order valence-corrected chi connectivity index (χ4v) is 8.80. The fourth-order valence-electron chi connectivity index (χ4n) is 8.80. The monoisotopic (exact) mass is 717 g/mol. The second-order valence-electron chi connectivity index (χ2n) is 14.6. The standard InChI is InChI=1S/C51H31N3O2/c1-2-13-31(14-3-1)49-52-50(54-51(53-49)42-28-32-15-5-6-16-34(32)37-18-8-9-19-38(37)42)41-21-11-23-44-47(41)46-35(20-10-22-43(46)55-44)33-25-26-39-40-27-24-30-12-4-7-17-36(30)48(40)56-45(39)29-33/h1-6,8-16,18-29H,7,17H2. The smallest absolute Gasteiger partial charge is 0.164 e. The maximum atomic E-state index is 6.67. The van der Waals surface area contributed by atoms with Crippen LogP contribution in [0.3, 0.4) is 0 Å². The first-order valence-corrected chi connectivity index (χ1v) is 19.1. The van der Waals surface area contributed by atoms with Crippen molar-refractivity contribution < 1.29 is 8.83 Å². The van der Waals surface area contributed by atoms with Gasteiger partial charge in [-0.1, -0.05) is 127 Å². The van der Waals surface area contributed by atoms with Crippen molar-refractivity contribution in [3.8, 4) is 45.3 Å². The molecule has 0 N–H and O–H groups in total. The lowest BCUT2D eigenvalue weighted by molar-refractivity contribution is 0.661. The lowest BCUT2D eigenvalue weighted by Crippen LogP contribution is -2.01. The highest BCUT2D eigenvalue weighted by molar-refractivity contribution is 6.18. The Hall–Kier alpha value is -7.37. The van der Waals surface area contributed by atoms with Crippen LogP contribution in [0, 0.1) is 0 Å². The lowest BCUT2D eigenvalue weighted by atomic mass is 9.94. The number of hydrogen-bond acceptors (Lipinski definition) is 5. The zero-order valence-corrected chi connectivity index (χ0v) is 30.2. The molecule has 8 aromatic carbocycles. The normalized spacial score (nSPS) is 12.8. The highest BCUT2D eigenvalue weighted by Gasteiger charge is 2.22. The van der Waals surface area contributed by atoms with Crippen molar-refractivity contribution >= 4 is 71.5 Å². The van der Waals surface area contributed by atoms with Crippen LogP contribution in [-0.4, -0.2) is 15.0 Å². The quantitative estimate of drug-likeness (QED) is 0.170. The molecule has 12 rings (SSSR count). The molecule has 11 aromatic rings. The summed E-state index contributed by atoms with van der Waals surface area (Å²) in [6.45, 7) is 0. The van der Waals surface area contributed by atoms with Gasteiger partial charge in [0.15, 0.2) is 17.5 Å². The average Bonchev–Trinajstić information content (AvgIpc) is 3.85. The molecule has 56 heavy (non-hydrogen) atoms. The molecule has 0 radical (unpaired) electrons. The summed E-state index contributed by atoms with van der Waals surface area (Å²) < 4.78 is 13.3. The molecular weight excluding hydrogens is 687 g/mol. The first kappa shape index (κ1) is 31.0. The largest absolute Gasteiger partial charge is 0.456 e. The van der Waals surface area contributed by atoms with E-state index in [0.29, 0.717) is 17.5 Å². The van der Waals surface area contributed by atoms with Gasteiger partial charge in [-0.15, -0.1) is 0 Å². The number of hydrogen-bond donors (Lipinski definition) is 0. The van der Waals surface area contributed by atoms with Gasteiger partial charge in [0.05, 0.1) is 0 Å². The van der Waals surface area contributed by atoms with Crippen molar-refractivity contribution in [3.63, 3.8) is 0 Å². The third-order valence-corrected chi connectivity index (χ3v) is 11.4. The number of aryl methyl sites for hydroxylation is 1. The molecule has 1 aliphatic carbocycles. The summed E-state index contributed by atoms with van der Waals surface area (Å²) in [5, 5.41) is 8.84. The molecule has 5 heteroatoms. The molecule has 0 bridgehead atoms. The highest BCUT2D eigenvalue weighted by Crippen LogP contribution is 2.44. The van der Waals surface area contributed by atoms with Crippen LogP contribution in [0.2, 0.25) is 0 Å². The van der Waals surface area contributed by atoms with Crippen LogP contribution >= 0.6 is 0 Å². The maximum Gasteiger partial charge on any atom is 0.164 e. The molecule has 3 aromatic heterocycles. The van der Waals surface area contributed by atoms with Crippen LogP contribution in [0.25, 0.3) is 117 Å². The van der Waals surface area contributed by atoms with Crippen molar-refractivity contribution in [2.45, 2.75) is 12.8 Å². The van der Waals surface area contributed by atoms with E-state index in [1.165, 1.54) is 16.5 Å². The van der Waals surface area contributed by atoms with Gasteiger partial charge in [-0.2, -0.15) is 0 Å². The van der Waals surface area contributed by atoms with Crippen LogP contribution in [0.15, 0.2) is 167 Å². The molecule has 0 fully saturated rings. The van der Waals surface area contributed by atoms with Crippen molar-refractivity contribution in [1.82, 2.24) is 15.0 Å². The van der Waals surface area contributed by atoms with E-state index in [-0.39, 0.29) is 0 Å². The van der Waals surface area contributed by atoms with Crippen molar-refractivity contribution in [1.29, 1.82) is 0 Å². The van der Waals surface area contributed by atoms with Gasteiger partial charge < -0.3 is 8.83 Å². The molecule has 0 unspecified atom stereocenters. The van der Waals surface area contributed by atoms with Crippen LogP contribution in [0.5, 0.6) is 0 Å². The first-order valence-electron chi connectivity index (χ1n) is 19.1. The summed E-state index contributed by atoms with van der Waals surface area (Å²) in [5.41, 5.74) is 10.8. The third-order valence-electron chi connectivity index (χ3n) is 11.4. The number of furan rings is 2. The molecule has 0 aliphatic heterocycles. The second-order valence-corrected chi connectivity index (χ2v) is 14.6. The summed E-state index contributed by atoms with van der Waals surface area (Å²) in [4.78, 5) is 15.7. The lowest BCUT2D eigenvalue weighted by Gasteiger charge is -2.13. The minimum Gasteiger partial charge on any atom is -0.456 e. The number of allylic oxidation sites excluding steroid dienone is 1. The SMILES string of the molecule is C1=Cc2ccc3c(oc4cc(-c5cccc6oc7cccc(-c8nc(-c9ccccc9)nc(-c9cc%10ccccc%10c%10ccccc9%10)n8)c7c56)ccc43)c2CC1. The highest BCUT2D eigenvalue weighted by atomic mass is 16.3. The first-order chi connectivity index (χ1) is 27.7. The molecule has 0 saturated carbocycles. The summed E-state index contributed by atoms with van der Waals surface area (Å²) in [6.07, 6.45) is 6.47. The van der Waals surface area contributed by atoms with Crippen LogP contribution in [0.4, 0.5) is 0 Å². The summed E-state index contributed by atoms with van der Waals surface area (Å²) in [6, 6.07) is 52.7.